The summed E-state index contributed by atoms with van der Waals surface area (Å²) >= 11 is 0. The molecule has 6 heterocycles. The van der Waals surface area contributed by atoms with Crippen molar-refractivity contribution in [3.05, 3.63) is 485 Å². The molecule has 0 aliphatic rings. The van der Waals surface area contributed by atoms with Gasteiger partial charge in [-0.25, -0.2) is 39.9 Å². The molecule has 0 saturated carbocycles. The second kappa shape index (κ2) is 36.3. The number of hydrogen-bond acceptors (Lipinski definition) is 11. The van der Waals surface area contributed by atoms with Crippen LogP contribution in [-0.4, -0.2) is 39.9 Å². The van der Waals surface area contributed by atoms with Gasteiger partial charge in [0.1, 0.15) is 33.5 Å². The second-order valence-corrected chi connectivity index (χ2v) is 33.3. The van der Waals surface area contributed by atoms with E-state index in [2.05, 4.69) is 334 Å². The standard InChI is InChI=1S/C45H29N3O.C40H26N2O.C39H25N3O/c1-3-10-30(11-4-1)32-18-22-34(23-19-32)43-46-44(35-24-20-33(21-25-35)31-12-5-2-6-13-31)48-45(47-43)38-15-9-14-36(28-38)37-26-27-42-40(29-37)39-16-7-8-17-41(39)49-42;1-4-12-27(13-5-1)31-22-32(28-14-6-2-7-15-28)24-33(23-31)37-26-36(29-16-8-3-9-17-29)41-40(42-37)30-20-21-39-35(25-30)34-18-10-11-19-38(34)43-39;1-3-9-26(10-4-1)27-15-19-30(20-16-27)38-40-37(29-11-5-2-6-12-29)41-39(42-38)31-21-17-28(18-22-31)32-23-24-36-34(25-32)33-13-7-8-14-35(33)43-36/h1-29H;1-26H;1-25H. The first-order valence-corrected chi connectivity index (χ1v) is 45.0. The summed E-state index contributed by atoms with van der Waals surface area (Å²) in [7, 11) is 0. The number of fused-ring (bicyclic) bond motifs is 9. The van der Waals surface area contributed by atoms with Crippen molar-refractivity contribution in [3.63, 3.8) is 0 Å². The third-order valence-corrected chi connectivity index (χ3v) is 24.6. The van der Waals surface area contributed by atoms with Gasteiger partial charge in [-0.1, -0.05) is 394 Å². The molecule has 0 atom stereocenters. The lowest BCUT2D eigenvalue weighted by molar-refractivity contribution is 0.668. The zero-order valence-electron chi connectivity index (χ0n) is 73.0. The number of rotatable bonds is 16. The average Bonchev–Trinajstić information content (AvgIpc) is 1.63. The quantitative estimate of drug-likeness (QED) is 0.0912. The van der Waals surface area contributed by atoms with E-state index in [9.17, 15) is 0 Å². The molecule has 25 rings (SSSR count). The normalized spacial score (nSPS) is 11.3. The van der Waals surface area contributed by atoms with Gasteiger partial charge in [-0.05, 0) is 169 Å². The minimum atomic E-state index is 0.621. The van der Waals surface area contributed by atoms with Gasteiger partial charge in [0.15, 0.2) is 40.8 Å². The van der Waals surface area contributed by atoms with E-state index in [1.807, 2.05) is 152 Å². The van der Waals surface area contributed by atoms with E-state index >= 15 is 0 Å². The smallest absolute Gasteiger partial charge is 0.164 e. The van der Waals surface area contributed by atoms with E-state index in [0.717, 1.165) is 188 Å². The molecule has 25 aromatic rings. The van der Waals surface area contributed by atoms with Crippen molar-refractivity contribution in [1.82, 2.24) is 39.9 Å². The Morgan fingerprint density at radius 3 is 0.659 bits per heavy atom. The van der Waals surface area contributed by atoms with Gasteiger partial charge in [-0.2, -0.15) is 0 Å². The predicted octanol–water partition coefficient (Wildman–Crippen LogP) is 32.6. The van der Waals surface area contributed by atoms with Crippen LogP contribution in [0.5, 0.6) is 0 Å². The number of hydrogen-bond donors (Lipinski definition) is 0. The van der Waals surface area contributed by atoms with Gasteiger partial charge < -0.3 is 13.3 Å². The molecular formula is C124H80N8O3. The lowest BCUT2D eigenvalue weighted by Gasteiger charge is -2.13. The molecule has 11 heteroatoms. The average molecular weight is 1730 g/mol. The van der Waals surface area contributed by atoms with Crippen LogP contribution in [0.3, 0.4) is 0 Å². The Bertz CT molecular complexity index is 8440. The molecule has 0 fully saturated rings. The third-order valence-electron chi connectivity index (χ3n) is 24.6. The minimum Gasteiger partial charge on any atom is -0.456 e. The Morgan fingerprint density at radius 1 is 0.104 bits per heavy atom. The van der Waals surface area contributed by atoms with E-state index in [4.69, 9.17) is 53.1 Å². The second-order valence-electron chi connectivity index (χ2n) is 33.3. The van der Waals surface area contributed by atoms with Crippen LogP contribution in [0, 0.1) is 0 Å². The van der Waals surface area contributed by atoms with E-state index in [-0.39, 0.29) is 0 Å². The SMILES string of the molecule is c1ccc(-c2cc(-c3ccccc3)cc(-c3cc(-c4ccccc4)nc(-c4ccc5oc6ccccc6c5c4)n3)c2)cc1.c1ccc(-c2ccc(-c3nc(-c4ccc(-c5ccccc5)cc4)nc(-c4cccc(-c5ccc6oc7ccccc7c6c5)c4)n3)cc2)cc1.c1ccc(-c2ccc(-c3nc(-c4ccccc4)nc(-c4ccc(-c5ccc6oc7ccccc7c6c5)cc4)n3)cc2)cc1. The van der Waals surface area contributed by atoms with Crippen LogP contribution in [-0.2, 0) is 0 Å². The molecular weight excluding hydrogens is 1650 g/mol. The Morgan fingerprint density at radius 2 is 0.296 bits per heavy atom. The molecule has 0 saturated heterocycles. The number of nitrogens with zero attached hydrogens (tertiary/aromatic N) is 8. The molecule has 19 aromatic carbocycles. The highest BCUT2D eigenvalue weighted by atomic mass is 16.3. The first-order chi connectivity index (χ1) is 66.8. The zero-order chi connectivity index (χ0) is 89.8. The molecule has 0 aliphatic carbocycles. The van der Waals surface area contributed by atoms with Crippen LogP contribution in [0.15, 0.2) is 499 Å². The zero-order valence-corrected chi connectivity index (χ0v) is 73.0. The Hall–Kier alpha value is -18.3. The molecule has 634 valence electrons. The summed E-state index contributed by atoms with van der Waals surface area (Å²) in [5.74, 6) is 4.48. The van der Waals surface area contributed by atoms with Gasteiger partial charge >= 0.3 is 0 Å². The largest absolute Gasteiger partial charge is 0.456 e. The molecule has 0 N–H and O–H groups in total. The number of aromatic nitrogens is 8. The molecule has 0 radical (unpaired) electrons. The van der Waals surface area contributed by atoms with E-state index < -0.39 is 0 Å². The van der Waals surface area contributed by atoms with Crippen LogP contribution in [0.1, 0.15) is 0 Å². The highest BCUT2D eigenvalue weighted by Crippen LogP contribution is 2.42. The van der Waals surface area contributed by atoms with Crippen molar-refractivity contribution in [1.29, 1.82) is 0 Å². The molecule has 0 spiro atoms. The fourth-order valence-electron chi connectivity index (χ4n) is 17.6. The maximum atomic E-state index is 6.10. The Balaban J connectivity index is 0.000000114. The fraction of sp³-hybridized carbons (Fsp3) is 0. The van der Waals surface area contributed by atoms with Crippen LogP contribution in [0.2, 0.25) is 0 Å². The van der Waals surface area contributed by atoms with Crippen LogP contribution in [0.4, 0.5) is 0 Å². The Kier molecular flexibility index (Phi) is 21.8. The van der Waals surface area contributed by atoms with Crippen molar-refractivity contribution >= 4 is 65.8 Å². The van der Waals surface area contributed by atoms with Crippen molar-refractivity contribution in [3.8, 4) is 180 Å². The molecule has 11 nitrogen and oxygen atoms in total. The van der Waals surface area contributed by atoms with Crippen molar-refractivity contribution in [2.24, 2.45) is 0 Å². The highest BCUT2D eigenvalue weighted by Gasteiger charge is 2.21. The summed E-state index contributed by atoms with van der Waals surface area (Å²) in [6.45, 7) is 0. The van der Waals surface area contributed by atoms with Crippen LogP contribution >= 0.6 is 0 Å². The van der Waals surface area contributed by atoms with E-state index in [0.29, 0.717) is 40.8 Å². The summed E-state index contributed by atoms with van der Waals surface area (Å²) in [5.41, 5.74) is 31.7. The maximum Gasteiger partial charge on any atom is 0.164 e. The highest BCUT2D eigenvalue weighted by molar-refractivity contribution is 6.09. The molecule has 0 amide bonds. The van der Waals surface area contributed by atoms with Crippen molar-refractivity contribution < 1.29 is 13.3 Å². The molecule has 0 unspecified atom stereocenters. The number of benzene rings is 19. The maximum absolute atomic E-state index is 6.10. The summed E-state index contributed by atoms with van der Waals surface area (Å²) < 4.78 is 18.2. The Labute approximate surface area is 779 Å². The first kappa shape index (κ1) is 81.2. The first-order valence-electron chi connectivity index (χ1n) is 45.0. The van der Waals surface area contributed by atoms with Crippen molar-refractivity contribution in [2.75, 3.05) is 0 Å². The monoisotopic (exact) mass is 1730 g/mol. The van der Waals surface area contributed by atoms with Gasteiger partial charge in [-0.3, -0.25) is 0 Å². The molecule has 0 bridgehead atoms. The van der Waals surface area contributed by atoms with Gasteiger partial charge in [0, 0.05) is 82.4 Å². The van der Waals surface area contributed by atoms with Crippen molar-refractivity contribution in [2.45, 2.75) is 0 Å². The van der Waals surface area contributed by atoms with Crippen LogP contribution in [0.25, 0.3) is 246 Å². The number of para-hydroxylation sites is 3. The third kappa shape index (κ3) is 17.1. The van der Waals surface area contributed by atoms with E-state index in [1.165, 1.54) is 16.7 Å². The van der Waals surface area contributed by atoms with Crippen LogP contribution < -0.4 is 0 Å². The molecule has 0 aliphatic heterocycles. The van der Waals surface area contributed by atoms with Gasteiger partial charge in [0.2, 0.25) is 0 Å². The summed E-state index contributed by atoms with van der Waals surface area (Å²) in [6, 6.07) is 167. The predicted molar refractivity (Wildman–Crippen MR) is 550 cm³/mol. The van der Waals surface area contributed by atoms with Gasteiger partial charge in [0.25, 0.3) is 0 Å². The summed E-state index contributed by atoms with van der Waals surface area (Å²) in [5, 5.41) is 6.59. The number of furan rings is 3. The summed E-state index contributed by atoms with van der Waals surface area (Å²) in [6.07, 6.45) is 0. The molecule has 6 aromatic heterocycles. The van der Waals surface area contributed by atoms with E-state index in [1.54, 1.807) is 0 Å². The molecule has 135 heavy (non-hydrogen) atoms. The minimum absolute atomic E-state index is 0.621. The lowest BCUT2D eigenvalue weighted by atomic mass is 9.94. The summed E-state index contributed by atoms with van der Waals surface area (Å²) in [4.78, 5) is 40.1. The fourth-order valence-corrected chi connectivity index (χ4v) is 17.6. The topological polar surface area (TPSA) is 143 Å². The lowest BCUT2D eigenvalue weighted by Crippen LogP contribution is -2.00. The van der Waals surface area contributed by atoms with Gasteiger partial charge in [-0.15, -0.1) is 0 Å². The van der Waals surface area contributed by atoms with Gasteiger partial charge in [0.05, 0.1) is 11.4 Å².